The minimum atomic E-state index is -0.218. The van der Waals surface area contributed by atoms with Gasteiger partial charge in [-0.2, -0.15) is 5.10 Å². The lowest BCUT2D eigenvalue weighted by atomic mass is 9.84. The second-order valence-electron chi connectivity index (χ2n) is 10.5. The van der Waals surface area contributed by atoms with Crippen LogP contribution in [0.4, 0.5) is 0 Å². The zero-order valence-corrected chi connectivity index (χ0v) is 22.5. The number of ether oxygens (including phenoxy) is 2. The first-order valence-corrected chi connectivity index (χ1v) is 13.7. The lowest BCUT2D eigenvalue weighted by Crippen LogP contribution is -2.49. The van der Waals surface area contributed by atoms with E-state index in [9.17, 15) is 9.59 Å². The Morgan fingerprint density at radius 2 is 1.87 bits per heavy atom. The van der Waals surface area contributed by atoms with E-state index in [1.54, 1.807) is 17.0 Å². The molecule has 0 aromatic heterocycles. The highest BCUT2D eigenvalue weighted by molar-refractivity contribution is 6.03. The van der Waals surface area contributed by atoms with E-state index in [0.717, 1.165) is 61.5 Å². The summed E-state index contributed by atoms with van der Waals surface area (Å²) in [5.41, 5.74) is 3.98. The van der Waals surface area contributed by atoms with Crippen LogP contribution in [-0.4, -0.2) is 85.4 Å². The number of nitrogens with zero attached hydrogens (tertiary/aromatic N) is 4. The molecule has 0 radical (unpaired) electrons. The van der Waals surface area contributed by atoms with Crippen LogP contribution in [0.2, 0.25) is 0 Å². The fourth-order valence-electron chi connectivity index (χ4n) is 5.27. The van der Waals surface area contributed by atoms with Gasteiger partial charge in [-0.1, -0.05) is 48.4 Å². The number of rotatable bonds is 9. The maximum absolute atomic E-state index is 13.9. The van der Waals surface area contributed by atoms with Crippen LogP contribution in [0.25, 0.3) is 0 Å². The fraction of sp³-hybridized carbons (Fsp3) is 0.500. The van der Waals surface area contributed by atoms with Crippen molar-refractivity contribution in [2.75, 3.05) is 53.0 Å². The minimum absolute atomic E-state index is 0.0369. The first-order chi connectivity index (χ1) is 18.5. The van der Waals surface area contributed by atoms with Crippen LogP contribution >= 0.6 is 0 Å². The summed E-state index contributed by atoms with van der Waals surface area (Å²) in [5.74, 6) is 0.737. The van der Waals surface area contributed by atoms with E-state index < -0.39 is 0 Å². The molecule has 2 aliphatic heterocycles. The number of methoxy groups -OCH3 is 1. The molecule has 3 aliphatic rings. The average molecular weight is 519 g/mol. The molecule has 5 rings (SSSR count). The molecule has 2 aromatic rings. The molecule has 2 fully saturated rings. The summed E-state index contributed by atoms with van der Waals surface area (Å²) >= 11 is 0. The van der Waals surface area contributed by atoms with Gasteiger partial charge >= 0.3 is 0 Å². The summed E-state index contributed by atoms with van der Waals surface area (Å²) in [7, 11) is 1.64. The summed E-state index contributed by atoms with van der Waals surface area (Å²) in [6.07, 6.45) is 3.51. The van der Waals surface area contributed by atoms with Crippen LogP contribution in [0.3, 0.4) is 0 Å². The molecule has 0 spiro atoms. The number of hydrogen-bond donors (Lipinski definition) is 0. The van der Waals surface area contributed by atoms with Crippen molar-refractivity contribution in [2.24, 2.45) is 11.0 Å². The van der Waals surface area contributed by atoms with Crippen LogP contribution in [-0.2, 0) is 14.3 Å². The van der Waals surface area contributed by atoms with Crippen LogP contribution in [0.1, 0.15) is 48.4 Å². The predicted octanol–water partition coefficient (Wildman–Crippen LogP) is 3.64. The molecule has 0 N–H and O–H groups in total. The number of amides is 2. The third kappa shape index (κ3) is 6.08. The Morgan fingerprint density at radius 1 is 1.11 bits per heavy atom. The molecule has 8 nitrogen and oxygen atoms in total. The molecule has 2 aromatic carbocycles. The van der Waals surface area contributed by atoms with Gasteiger partial charge in [-0.3, -0.25) is 14.5 Å². The van der Waals surface area contributed by atoms with Crippen molar-refractivity contribution in [1.29, 1.82) is 0 Å². The van der Waals surface area contributed by atoms with E-state index >= 15 is 0 Å². The van der Waals surface area contributed by atoms with Crippen LogP contribution in [0, 0.1) is 12.8 Å². The third-order valence-corrected chi connectivity index (χ3v) is 7.91. The van der Waals surface area contributed by atoms with Crippen molar-refractivity contribution < 1.29 is 19.1 Å². The maximum atomic E-state index is 13.9. The van der Waals surface area contributed by atoms with E-state index in [-0.39, 0.29) is 30.3 Å². The highest BCUT2D eigenvalue weighted by Crippen LogP contribution is 2.34. The topological polar surface area (TPSA) is 74.7 Å². The minimum Gasteiger partial charge on any atom is -0.497 e. The van der Waals surface area contributed by atoms with Gasteiger partial charge in [0, 0.05) is 44.1 Å². The van der Waals surface area contributed by atoms with Gasteiger partial charge in [-0.05, 0) is 37.5 Å². The molecule has 0 bridgehead atoms. The number of benzene rings is 2. The Bertz CT molecular complexity index is 1160. The summed E-state index contributed by atoms with van der Waals surface area (Å²) in [5, 5.41) is 6.44. The van der Waals surface area contributed by atoms with Crippen molar-refractivity contribution >= 4 is 17.5 Å². The van der Waals surface area contributed by atoms with Crippen LogP contribution < -0.4 is 4.74 Å². The highest BCUT2D eigenvalue weighted by Gasteiger charge is 2.36. The standard InChI is InChI=1S/C30H38N4O4/c1-22-9-11-23(12-10-22)28-20-27(25-7-4-8-26(19-25)37-2)31-34(28)29(35)21-33(30(36)24-5-3-6-24)14-13-32-15-17-38-18-16-32/h4,7-12,19,24,28H,3,5-6,13-18,20-21H2,1-2H3. The van der Waals surface area contributed by atoms with E-state index in [4.69, 9.17) is 14.6 Å². The van der Waals surface area contributed by atoms with Crippen molar-refractivity contribution in [1.82, 2.24) is 14.8 Å². The van der Waals surface area contributed by atoms with E-state index in [1.807, 2.05) is 24.3 Å². The van der Waals surface area contributed by atoms with E-state index in [1.165, 1.54) is 5.56 Å². The Labute approximate surface area is 225 Å². The van der Waals surface area contributed by atoms with Crippen molar-refractivity contribution in [3.8, 4) is 5.75 Å². The normalized spacial score (nSPS) is 20.1. The van der Waals surface area contributed by atoms with E-state index in [0.29, 0.717) is 26.2 Å². The molecule has 1 atom stereocenters. The molecule has 2 heterocycles. The summed E-state index contributed by atoms with van der Waals surface area (Å²) in [6, 6.07) is 15.8. The first-order valence-electron chi connectivity index (χ1n) is 13.7. The van der Waals surface area contributed by atoms with Crippen molar-refractivity contribution in [3.63, 3.8) is 0 Å². The monoisotopic (exact) mass is 518 g/mol. The number of morpholine rings is 1. The Balaban J connectivity index is 1.37. The predicted molar refractivity (Wildman–Crippen MR) is 146 cm³/mol. The van der Waals surface area contributed by atoms with Crippen molar-refractivity contribution in [3.05, 3.63) is 65.2 Å². The molecule has 8 heteroatoms. The smallest absolute Gasteiger partial charge is 0.262 e. The zero-order valence-electron chi connectivity index (χ0n) is 22.5. The number of hydrogen-bond acceptors (Lipinski definition) is 6. The number of aryl methyl sites for hydroxylation is 1. The average Bonchev–Trinajstić information content (AvgIpc) is 3.37. The van der Waals surface area contributed by atoms with Gasteiger partial charge in [0.2, 0.25) is 5.91 Å². The Kier molecular flexibility index (Phi) is 8.39. The summed E-state index contributed by atoms with van der Waals surface area (Å²) in [6.45, 7) is 6.51. The second-order valence-corrected chi connectivity index (χ2v) is 10.5. The highest BCUT2D eigenvalue weighted by atomic mass is 16.5. The first kappa shape index (κ1) is 26.4. The quantitative estimate of drug-likeness (QED) is 0.507. The molecule has 202 valence electrons. The largest absolute Gasteiger partial charge is 0.497 e. The van der Waals surface area contributed by atoms with E-state index in [2.05, 4.69) is 36.1 Å². The number of hydrazone groups is 1. The number of carbonyl (C=O) groups is 2. The van der Waals surface area contributed by atoms with Crippen LogP contribution in [0.15, 0.2) is 53.6 Å². The molecule has 38 heavy (non-hydrogen) atoms. The van der Waals surface area contributed by atoms with Gasteiger partial charge in [0.25, 0.3) is 5.91 Å². The lowest BCUT2D eigenvalue weighted by molar-refractivity contribution is -0.145. The molecule has 1 unspecified atom stereocenters. The summed E-state index contributed by atoms with van der Waals surface area (Å²) < 4.78 is 10.9. The molecule has 2 amide bonds. The molecule has 1 aliphatic carbocycles. The Hall–Kier alpha value is -3.23. The SMILES string of the molecule is COc1cccc(C2=NN(C(=O)CN(CCN3CCOCC3)C(=O)C3CCC3)C(c3ccc(C)cc3)C2)c1. The molecule has 1 saturated heterocycles. The van der Waals surface area contributed by atoms with Crippen LogP contribution in [0.5, 0.6) is 5.75 Å². The number of carbonyl (C=O) groups excluding carboxylic acids is 2. The zero-order chi connectivity index (χ0) is 26.5. The van der Waals surface area contributed by atoms with Gasteiger partial charge in [-0.25, -0.2) is 5.01 Å². The Morgan fingerprint density at radius 3 is 2.55 bits per heavy atom. The molecular weight excluding hydrogens is 480 g/mol. The van der Waals surface area contributed by atoms with Gasteiger partial charge < -0.3 is 14.4 Å². The van der Waals surface area contributed by atoms with Gasteiger partial charge in [0.15, 0.2) is 0 Å². The van der Waals surface area contributed by atoms with Gasteiger partial charge in [0.1, 0.15) is 12.3 Å². The third-order valence-electron chi connectivity index (χ3n) is 7.91. The lowest BCUT2D eigenvalue weighted by Gasteiger charge is -2.34. The van der Waals surface area contributed by atoms with Gasteiger partial charge in [-0.15, -0.1) is 0 Å². The summed E-state index contributed by atoms with van der Waals surface area (Å²) in [4.78, 5) is 31.3. The molecular formula is C30H38N4O4. The molecule has 1 saturated carbocycles. The maximum Gasteiger partial charge on any atom is 0.262 e. The van der Waals surface area contributed by atoms with Crippen molar-refractivity contribution in [2.45, 2.75) is 38.6 Å². The second kappa shape index (κ2) is 12.1. The van der Waals surface area contributed by atoms with Gasteiger partial charge in [0.05, 0.1) is 32.1 Å². The fourth-order valence-corrected chi connectivity index (χ4v) is 5.27.